The van der Waals surface area contributed by atoms with E-state index in [2.05, 4.69) is 15.6 Å². The van der Waals surface area contributed by atoms with Crippen molar-refractivity contribution < 1.29 is 26.3 Å². The first kappa shape index (κ1) is 25.8. The monoisotopic (exact) mass is 523 g/mol. The number of nitrogens with zero attached hydrogens (tertiary/aromatic N) is 1. The second kappa shape index (κ2) is 10.9. The molecule has 0 heterocycles. The van der Waals surface area contributed by atoms with Crippen LogP contribution in [-0.4, -0.2) is 46.6 Å². The molecule has 0 aliphatic carbocycles. The SMILES string of the molecule is CN=C(NCc1ccc(OC)cc1C(F)(F)F)NC(C)CCS(C)(=O)=O.I. The molecule has 1 unspecified atom stereocenters. The van der Waals surface area contributed by atoms with Crippen LogP contribution < -0.4 is 15.4 Å². The number of hydrogen-bond acceptors (Lipinski definition) is 4. The highest BCUT2D eigenvalue weighted by Crippen LogP contribution is 2.34. The minimum absolute atomic E-state index is 0. The Labute approximate surface area is 174 Å². The van der Waals surface area contributed by atoms with Gasteiger partial charge in [0.1, 0.15) is 15.6 Å². The van der Waals surface area contributed by atoms with Gasteiger partial charge in [-0.25, -0.2) is 8.42 Å². The lowest BCUT2D eigenvalue weighted by atomic mass is 10.1. The zero-order valence-electron chi connectivity index (χ0n) is 15.6. The number of alkyl halides is 3. The lowest BCUT2D eigenvalue weighted by Crippen LogP contribution is -2.42. The summed E-state index contributed by atoms with van der Waals surface area (Å²) in [5, 5.41) is 5.77. The summed E-state index contributed by atoms with van der Waals surface area (Å²) in [5.74, 6) is 0.419. The second-order valence-electron chi connectivity index (χ2n) is 5.91. The van der Waals surface area contributed by atoms with Gasteiger partial charge in [-0.1, -0.05) is 6.07 Å². The molecule has 2 N–H and O–H groups in total. The van der Waals surface area contributed by atoms with Crippen LogP contribution in [0.25, 0.3) is 0 Å². The van der Waals surface area contributed by atoms with E-state index in [1.165, 1.54) is 26.3 Å². The van der Waals surface area contributed by atoms with E-state index in [0.717, 1.165) is 12.3 Å². The van der Waals surface area contributed by atoms with E-state index >= 15 is 0 Å². The van der Waals surface area contributed by atoms with E-state index in [4.69, 9.17) is 4.74 Å². The number of benzene rings is 1. The maximum atomic E-state index is 13.2. The molecule has 0 amide bonds. The lowest BCUT2D eigenvalue weighted by Gasteiger charge is -2.19. The fourth-order valence-electron chi connectivity index (χ4n) is 2.17. The number of guanidine groups is 1. The van der Waals surface area contributed by atoms with E-state index in [9.17, 15) is 21.6 Å². The molecule has 0 saturated heterocycles. The van der Waals surface area contributed by atoms with Crippen LogP contribution in [0.5, 0.6) is 5.75 Å². The molecule has 0 saturated carbocycles. The van der Waals surface area contributed by atoms with Crippen molar-refractivity contribution in [1.82, 2.24) is 10.6 Å². The summed E-state index contributed by atoms with van der Waals surface area (Å²) in [5.41, 5.74) is -0.741. The third-order valence-electron chi connectivity index (χ3n) is 3.60. The molecule has 11 heteroatoms. The number of halogens is 4. The van der Waals surface area contributed by atoms with Gasteiger partial charge in [0.15, 0.2) is 5.96 Å². The van der Waals surface area contributed by atoms with E-state index in [0.29, 0.717) is 6.42 Å². The van der Waals surface area contributed by atoms with Crippen molar-refractivity contribution in [1.29, 1.82) is 0 Å². The first-order valence-corrected chi connectivity index (χ1v) is 9.91. The number of sulfone groups is 1. The van der Waals surface area contributed by atoms with Crippen molar-refractivity contribution in [3.8, 4) is 5.75 Å². The van der Waals surface area contributed by atoms with E-state index < -0.39 is 21.6 Å². The third kappa shape index (κ3) is 9.49. The quantitative estimate of drug-likeness (QED) is 0.327. The Morgan fingerprint density at radius 3 is 2.44 bits per heavy atom. The molecule has 0 bridgehead atoms. The minimum atomic E-state index is -4.51. The fraction of sp³-hybridized carbons (Fsp3) is 0.562. The second-order valence-corrected chi connectivity index (χ2v) is 8.17. The maximum Gasteiger partial charge on any atom is 0.416 e. The molecule has 27 heavy (non-hydrogen) atoms. The van der Waals surface area contributed by atoms with Gasteiger partial charge in [0, 0.05) is 25.9 Å². The Hall–Kier alpha value is -1.24. The van der Waals surface area contributed by atoms with Crippen molar-refractivity contribution in [2.45, 2.75) is 32.1 Å². The van der Waals surface area contributed by atoms with Crippen LogP contribution in [0.1, 0.15) is 24.5 Å². The highest BCUT2D eigenvalue weighted by Gasteiger charge is 2.33. The Balaban J connectivity index is 0.00000676. The molecular weight excluding hydrogens is 498 g/mol. The van der Waals surface area contributed by atoms with Crippen LogP contribution in [0.3, 0.4) is 0 Å². The smallest absolute Gasteiger partial charge is 0.416 e. The fourth-order valence-corrected chi connectivity index (χ4v) is 2.95. The van der Waals surface area contributed by atoms with Gasteiger partial charge in [-0.3, -0.25) is 4.99 Å². The van der Waals surface area contributed by atoms with Gasteiger partial charge in [0.05, 0.1) is 18.4 Å². The van der Waals surface area contributed by atoms with Crippen LogP contribution in [0.2, 0.25) is 0 Å². The predicted octanol–water partition coefficient (Wildman–Crippen LogP) is 2.82. The van der Waals surface area contributed by atoms with E-state index in [1.54, 1.807) is 6.92 Å². The summed E-state index contributed by atoms with van der Waals surface area (Å²) in [7, 11) is -0.297. The number of nitrogens with one attached hydrogen (secondary N) is 2. The Morgan fingerprint density at radius 2 is 1.96 bits per heavy atom. The average molecular weight is 523 g/mol. The molecule has 1 aromatic carbocycles. The normalized spacial score (nSPS) is 13.5. The molecule has 0 fully saturated rings. The Kier molecular flexibility index (Phi) is 10.4. The van der Waals surface area contributed by atoms with Crippen molar-refractivity contribution >= 4 is 39.8 Å². The van der Waals surface area contributed by atoms with Crippen molar-refractivity contribution in [3.63, 3.8) is 0 Å². The predicted molar refractivity (Wildman–Crippen MR) is 111 cm³/mol. The zero-order chi connectivity index (χ0) is 20.0. The number of rotatable bonds is 7. The summed E-state index contributed by atoms with van der Waals surface area (Å²) >= 11 is 0. The topological polar surface area (TPSA) is 79.8 Å². The van der Waals surface area contributed by atoms with Crippen LogP contribution >= 0.6 is 24.0 Å². The standard InChI is InChI=1S/C16H24F3N3O3S.HI/c1-11(7-8-26(4,23)24)22-15(20-2)21-10-12-5-6-13(25-3)9-14(12)16(17,18)19;/h5-6,9,11H,7-8,10H2,1-4H3,(H2,20,21,22);1H. The molecule has 0 aliphatic heterocycles. The number of methoxy groups -OCH3 is 1. The highest BCUT2D eigenvalue weighted by molar-refractivity contribution is 14.0. The highest BCUT2D eigenvalue weighted by atomic mass is 127. The molecule has 1 aromatic rings. The van der Waals surface area contributed by atoms with Gasteiger partial charge in [-0.15, -0.1) is 24.0 Å². The van der Waals surface area contributed by atoms with Crippen LogP contribution in [0.4, 0.5) is 13.2 Å². The molecule has 0 aromatic heterocycles. The van der Waals surface area contributed by atoms with Crippen LogP contribution in [-0.2, 0) is 22.6 Å². The lowest BCUT2D eigenvalue weighted by molar-refractivity contribution is -0.138. The molecule has 0 spiro atoms. The van der Waals surface area contributed by atoms with Gasteiger partial charge in [0.2, 0.25) is 0 Å². The molecule has 156 valence electrons. The maximum absolute atomic E-state index is 13.2. The van der Waals surface area contributed by atoms with E-state index in [-0.39, 0.29) is 59.6 Å². The molecule has 0 aliphatic rings. The summed E-state index contributed by atoms with van der Waals surface area (Å²) < 4.78 is 66.9. The molecule has 0 radical (unpaired) electrons. The summed E-state index contributed by atoms with van der Waals surface area (Å²) in [4.78, 5) is 3.95. The Morgan fingerprint density at radius 1 is 1.33 bits per heavy atom. The first-order valence-electron chi connectivity index (χ1n) is 7.85. The average Bonchev–Trinajstić information content (AvgIpc) is 2.55. The number of aliphatic imine (C=N–C) groups is 1. The molecule has 1 rings (SSSR count). The number of ether oxygens (including phenoxy) is 1. The number of hydrogen-bond donors (Lipinski definition) is 2. The minimum Gasteiger partial charge on any atom is -0.497 e. The first-order chi connectivity index (χ1) is 12.0. The van der Waals surface area contributed by atoms with Gasteiger partial charge in [-0.2, -0.15) is 13.2 Å². The van der Waals surface area contributed by atoms with Crippen molar-refractivity contribution in [2.24, 2.45) is 4.99 Å². The van der Waals surface area contributed by atoms with Gasteiger partial charge < -0.3 is 15.4 Å². The van der Waals surface area contributed by atoms with Crippen molar-refractivity contribution in [2.75, 3.05) is 26.2 Å². The van der Waals surface area contributed by atoms with Crippen LogP contribution in [0, 0.1) is 0 Å². The molecule has 1 atom stereocenters. The summed E-state index contributed by atoms with van der Waals surface area (Å²) in [6.07, 6.45) is -3.00. The third-order valence-corrected chi connectivity index (χ3v) is 4.57. The summed E-state index contributed by atoms with van der Waals surface area (Å²) in [6.45, 7) is 1.67. The van der Waals surface area contributed by atoms with Crippen LogP contribution in [0.15, 0.2) is 23.2 Å². The van der Waals surface area contributed by atoms with Gasteiger partial charge in [0.25, 0.3) is 0 Å². The zero-order valence-corrected chi connectivity index (χ0v) is 18.7. The summed E-state index contributed by atoms with van der Waals surface area (Å²) in [6, 6.07) is 3.53. The molecule has 6 nitrogen and oxygen atoms in total. The largest absolute Gasteiger partial charge is 0.497 e. The van der Waals surface area contributed by atoms with Gasteiger partial charge in [-0.05, 0) is 31.0 Å². The van der Waals surface area contributed by atoms with Gasteiger partial charge >= 0.3 is 6.18 Å². The molecular formula is C16H25F3IN3O3S. The van der Waals surface area contributed by atoms with Crippen molar-refractivity contribution in [3.05, 3.63) is 29.3 Å². The van der Waals surface area contributed by atoms with E-state index in [1.807, 2.05) is 0 Å². The Bertz CT molecular complexity index is 740.